The first-order chi connectivity index (χ1) is 8.72. The molecule has 0 fully saturated rings. The molecule has 2 aromatic rings. The highest BCUT2D eigenvalue weighted by molar-refractivity contribution is 7.10. The molecule has 2 heterocycles. The average Bonchev–Trinajstić information content (AvgIpc) is 3.02. The number of thiophene rings is 2. The Morgan fingerprint density at radius 3 is 2.83 bits per heavy atom. The fraction of sp³-hybridized carbons (Fsp3) is 0.308. The Labute approximate surface area is 115 Å². The zero-order valence-electron chi connectivity index (χ0n) is 10.4. The Bertz CT molecular complexity index is 479. The number of likely N-dealkylation sites (N-methyl/N-ethyl adjacent to an activating group) is 2. The Kier molecular flexibility index (Phi) is 4.52. The molecule has 1 N–H and O–H groups in total. The second-order valence-corrected chi connectivity index (χ2v) is 5.82. The van der Waals surface area contributed by atoms with Crippen molar-refractivity contribution in [2.24, 2.45) is 0 Å². The summed E-state index contributed by atoms with van der Waals surface area (Å²) in [6, 6.07) is 5.76. The summed E-state index contributed by atoms with van der Waals surface area (Å²) in [5, 5.41) is 9.18. The second kappa shape index (κ2) is 6.13. The molecule has 5 heteroatoms. The van der Waals surface area contributed by atoms with Crippen molar-refractivity contribution in [3.63, 3.8) is 0 Å². The average molecular weight is 280 g/mol. The summed E-state index contributed by atoms with van der Waals surface area (Å²) in [5.74, 6) is 0.103. The van der Waals surface area contributed by atoms with Gasteiger partial charge in [-0.3, -0.25) is 4.79 Å². The van der Waals surface area contributed by atoms with Crippen molar-refractivity contribution < 1.29 is 4.79 Å². The fourth-order valence-electron chi connectivity index (χ4n) is 1.80. The highest BCUT2D eigenvalue weighted by atomic mass is 32.1. The van der Waals surface area contributed by atoms with Gasteiger partial charge in [-0.25, -0.2) is 0 Å². The third-order valence-electron chi connectivity index (χ3n) is 2.74. The molecule has 2 rings (SSSR count). The lowest BCUT2D eigenvalue weighted by molar-refractivity contribution is -0.132. The zero-order chi connectivity index (χ0) is 13.0. The lowest BCUT2D eigenvalue weighted by atomic mass is 10.2. The molecule has 2 aromatic heterocycles. The van der Waals surface area contributed by atoms with E-state index in [-0.39, 0.29) is 11.9 Å². The Morgan fingerprint density at radius 1 is 1.44 bits per heavy atom. The third-order valence-corrected chi connectivity index (χ3v) is 4.41. The Balaban J connectivity index is 2.05. The molecular formula is C13H16N2OS2. The van der Waals surface area contributed by atoms with Crippen LogP contribution in [0.1, 0.15) is 16.5 Å². The van der Waals surface area contributed by atoms with Crippen LogP contribution in [0, 0.1) is 0 Å². The van der Waals surface area contributed by atoms with Crippen LogP contribution in [0.25, 0.3) is 0 Å². The topological polar surface area (TPSA) is 32.3 Å². The normalized spacial score (nSPS) is 12.3. The minimum Gasteiger partial charge on any atom is -0.340 e. The molecule has 0 spiro atoms. The van der Waals surface area contributed by atoms with Gasteiger partial charge in [0.15, 0.2) is 0 Å². The van der Waals surface area contributed by atoms with Gasteiger partial charge in [0.25, 0.3) is 0 Å². The van der Waals surface area contributed by atoms with Crippen molar-refractivity contribution in [2.45, 2.75) is 12.6 Å². The van der Waals surface area contributed by atoms with Crippen LogP contribution < -0.4 is 5.32 Å². The van der Waals surface area contributed by atoms with E-state index in [0.717, 1.165) is 4.88 Å². The quantitative estimate of drug-likeness (QED) is 0.913. The lowest BCUT2D eigenvalue weighted by Gasteiger charge is -2.22. The summed E-state index contributed by atoms with van der Waals surface area (Å²) < 4.78 is 0. The lowest BCUT2D eigenvalue weighted by Crippen LogP contribution is -2.36. The van der Waals surface area contributed by atoms with E-state index in [9.17, 15) is 4.79 Å². The van der Waals surface area contributed by atoms with Crippen LogP contribution in [0.4, 0.5) is 0 Å². The summed E-state index contributed by atoms with van der Waals surface area (Å²) in [7, 11) is 3.67. The molecule has 0 aliphatic heterocycles. The van der Waals surface area contributed by atoms with Crippen LogP contribution in [0.2, 0.25) is 0 Å². The number of rotatable bonds is 5. The second-order valence-electron chi connectivity index (χ2n) is 4.06. The van der Waals surface area contributed by atoms with E-state index in [1.807, 2.05) is 43.1 Å². The first kappa shape index (κ1) is 13.3. The van der Waals surface area contributed by atoms with Gasteiger partial charge in [0.1, 0.15) is 6.04 Å². The van der Waals surface area contributed by atoms with Gasteiger partial charge in [0.2, 0.25) is 5.91 Å². The van der Waals surface area contributed by atoms with Gasteiger partial charge >= 0.3 is 0 Å². The van der Waals surface area contributed by atoms with E-state index < -0.39 is 0 Å². The highest BCUT2D eigenvalue weighted by Gasteiger charge is 2.23. The molecule has 0 aliphatic carbocycles. The van der Waals surface area contributed by atoms with Crippen molar-refractivity contribution >= 4 is 28.6 Å². The summed E-state index contributed by atoms with van der Waals surface area (Å²) in [6.45, 7) is 0.659. The summed E-state index contributed by atoms with van der Waals surface area (Å²) in [4.78, 5) is 15.2. The highest BCUT2D eigenvalue weighted by Crippen LogP contribution is 2.21. The minimum atomic E-state index is -0.242. The van der Waals surface area contributed by atoms with Crippen molar-refractivity contribution in [3.05, 3.63) is 44.8 Å². The fourth-order valence-corrected chi connectivity index (χ4v) is 3.28. The number of amides is 1. The van der Waals surface area contributed by atoms with Crippen LogP contribution in [0.5, 0.6) is 0 Å². The van der Waals surface area contributed by atoms with Crippen LogP contribution >= 0.6 is 22.7 Å². The van der Waals surface area contributed by atoms with Crippen molar-refractivity contribution in [3.8, 4) is 0 Å². The van der Waals surface area contributed by atoms with Crippen molar-refractivity contribution in [1.82, 2.24) is 10.2 Å². The number of nitrogens with one attached hydrogen (secondary N) is 1. The summed E-state index contributed by atoms with van der Waals surface area (Å²) in [5.41, 5.74) is 1.18. The molecule has 0 unspecified atom stereocenters. The van der Waals surface area contributed by atoms with Crippen LogP contribution in [0.15, 0.2) is 34.3 Å². The molecule has 0 bridgehead atoms. The van der Waals surface area contributed by atoms with E-state index in [4.69, 9.17) is 0 Å². The molecule has 0 aliphatic rings. The molecule has 1 atom stereocenters. The van der Waals surface area contributed by atoms with Crippen molar-refractivity contribution in [1.29, 1.82) is 0 Å². The van der Waals surface area contributed by atoms with E-state index in [1.165, 1.54) is 5.56 Å². The molecule has 0 radical (unpaired) electrons. The minimum absolute atomic E-state index is 0.103. The van der Waals surface area contributed by atoms with Gasteiger partial charge in [0.05, 0.1) is 0 Å². The summed E-state index contributed by atoms with van der Waals surface area (Å²) >= 11 is 3.26. The molecule has 0 aromatic carbocycles. The molecule has 0 saturated heterocycles. The van der Waals surface area contributed by atoms with E-state index in [0.29, 0.717) is 6.54 Å². The Hall–Kier alpha value is -1.17. The summed E-state index contributed by atoms with van der Waals surface area (Å²) in [6.07, 6.45) is 0. The molecule has 3 nitrogen and oxygen atoms in total. The molecule has 18 heavy (non-hydrogen) atoms. The van der Waals surface area contributed by atoms with Gasteiger partial charge < -0.3 is 10.2 Å². The standard InChI is InChI=1S/C13H16N2OS2/c1-14-12(11-4-3-6-18-11)13(16)15(2)8-10-5-7-17-9-10/h3-7,9,12,14H,8H2,1-2H3/t12-/m0/s1. The number of hydrogen-bond acceptors (Lipinski definition) is 4. The van der Waals surface area contributed by atoms with Gasteiger partial charge in [-0.05, 0) is 40.9 Å². The van der Waals surface area contributed by atoms with Gasteiger partial charge in [-0.1, -0.05) is 6.07 Å². The van der Waals surface area contributed by atoms with E-state index >= 15 is 0 Å². The number of nitrogens with zero attached hydrogens (tertiary/aromatic N) is 1. The molecule has 0 saturated carbocycles. The predicted molar refractivity (Wildman–Crippen MR) is 76.9 cm³/mol. The number of carbonyl (C=O) groups is 1. The SMILES string of the molecule is CN[C@H](C(=O)N(C)Cc1ccsc1)c1cccs1. The first-order valence-electron chi connectivity index (χ1n) is 5.69. The number of hydrogen-bond donors (Lipinski definition) is 1. The smallest absolute Gasteiger partial charge is 0.245 e. The maximum Gasteiger partial charge on any atom is 0.245 e. The number of carbonyl (C=O) groups excluding carboxylic acids is 1. The van der Waals surface area contributed by atoms with E-state index in [1.54, 1.807) is 27.6 Å². The molecular weight excluding hydrogens is 264 g/mol. The monoisotopic (exact) mass is 280 g/mol. The zero-order valence-corrected chi connectivity index (χ0v) is 12.1. The van der Waals surface area contributed by atoms with Crippen LogP contribution in [0.3, 0.4) is 0 Å². The molecule has 96 valence electrons. The van der Waals surface area contributed by atoms with Gasteiger partial charge in [-0.15, -0.1) is 11.3 Å². The largest absolute Gasteiger partial charge is 0.340 e. The van der Waals surface area contributed by atoms with Gasteiger partial charge in [-0.2, -0.15) is 11.3 Å². The van der Waals surface area contributed by atoms with Crippen LogP contribution in [-0.2, 0) is 11.3 Å². The maximum atomic E-state index is 12.4. The van der Waals surface area contributed by atoms with Crippen molar-refractivity contribution in [2.75, 3.05) is 14.1 Å². The Morgan fingerprint density at radius 2 is 2.28 bits per heavy atom. The molecule has 1 amide bonds. The first-order valence-corrected chi connectivity index (χ1v) is 7.51. The third kappa shape index (κ3) is 2.98. The van der Waals surface area contributed by atoms with Crippen LogP contribution in [-0.4, -0.2) is 24.9 Å². The van der Waals surface area contributed by atoms with E-state index in [2.05, 4.69) is 10.7 Å². The van der Waals surface area contributed by atoms with Gasteiger partial charge in [0, 0.05) is 18.5 Å². The maximum absolute atomic E-state index is 12.4. The predicted octanol–water partition coefficient (Wildman–Crippen LogP) is 2.73.